The molecule has 0 spiro atoms. The lowest BCUT2D eigenvalue weighted by Gasteiger charge is -2.22. The molecule has 4 aromatic rings. The fourth-order valence-corrected chi connectivity index (χ4v) is 4.06. The van der Waals surface area contributed by atoms with Gasteiger partial charge in [0.2, 0.25) is 0 Å². The lowest BCUT2D eigenvalue weighted by atomic mass is 10.1. The van der Waals surface area contributed by atoms with Gasteiger partial charge in [0, 0.05) is 28.9 Å². The van der Waals surface area contributed by atoms with Crippen molar-refractivity contribution >= 4 is 28.4 Å². The molecule has 3 aromatic heterocycles. The maximum atomic E-state index is 6.57. The van der Waals surface area contributed by atoms with Gasteiger partial charge < -0.3 is 15.5 Å². The molecule has 1 saturated heterocycles. The number of pyridine rings is 1. The summed E-state index contributed by atoms with van der Waals surface area (Å²) in [5.41, 5.74) is 9.50. The summed E-state index contributed by atoms with van der Waals surface area (Å²) in [6.07, 6.45) is 7.88. The highest BCUT2D eigenvalue weighted by Gasteiger charge is 2.19. The lowest BCUT2D eigenvalue weighted by Crippen LogP contribution is -2.29. The highest BCUT2D eigenvalue weighted by Crippen LogP contribution is 2.40. The van der Waals surface area contributed by atoms with Crippen molar-refractivity contribution in [3.05, 3.63) is 53.9 Å². The third-order valence-electron chi connectivity index (χ3n) is 5.32. The largest absolute Gasteiger partial charge is 0.454 e. The smallest absolute Gasteiger partial charge is 0.157 e. The van der Waals surface area contributed by atoms with Gasteiger partial charge in [0.25, 0.3) is 0 Å². The normalized spacial score (nSPS) is 15.3. The predicted molar refractivity (Wildman–Crippen MR) is 111 cm³/mol. The maximum absolute atomic E-state index is 6.57. The number of rotatable bonds is 3. The molecule has 4 heterocycles. The number of nitrogens with zero attached hydrogens (tertiary/aromatic N) is 3. The van der Waals surface area contributed by atoms with Crippen molar-refractivity contribution in [2.75, 3.05) is 18.8 Å². The van der Waals surface area contributed by atoms with Crippen LogP contribution >= 0.6 is 11.6 Å². The first-order valence-corrected chi connectivity index (χ1v) is 9.76. The van der Waals surface area contributed by atoms with E-state index >= 15 is 0 Å². The number of benzene rings is 1. The zero-order valence-electron chi connectivity index (χ0n) is 15.2. The first-order valence-electron chi connectivity index (χ1n) is 9.39. The van der Waals surface area contributed by atoms with Crippen molar-refractivity contribution in [2.24, 2.45) is 0 Å². The first kappa shape index (κ1) is 17.3. The van der Waals surface area contributed by atoms with E-state index in [1.54, 1.807) is 6.20 Å². The summed E-state index contributed by atoms with van der Waals surface area (Å²) in [6.45, 7) is 2.05. The second-order valence-electron chi connectivity index (χ2n) is 7.09. The first-order chi connectivity index (χ1) is 13.7. The third kappa shape index (κ3) is 2.95. The van der Waals surface area contributed by atoms with Gasteiger partial charge in [-0.25, -0.2) is 4.98 Å². The molecule has 7 heteroatoms. The Balaban J connectivity index is 1.54. The monoisotopic (exact) mass is 393 g/mol. The molecule has 1 fully saturated rings. The molecule has 28 heavy (non-hydrogen) atoms. The average molecular weight is 394 g/mol. The Morgan fingerprint density at radius 3 is 2.79 bits per heavy atom. The van der Waals surface area contributed by atoms with Crippen molar-refractivity contribution in [2.45, 2.75) is 18.9 Å². The Morgan fingerprint density at radius 2 is 1.96 bits per heavy atom. The number of para-hydroxylation sites is 1. The predicted octanol–water partition coefficient (Wildman–Crippen LogP) is 4.52. The van der Waals surface area contributed by atoms with E-state index in [1.165, 1.54) is 0 Å². The second-order valence-corrected chi connectivity index (χ2v) is 7.47. The summed E-state index contributed by atoms with van der Waals surface area (Å²) in [4.78, 5) is 4.38. The SMILES string of the molecule is Nc1ncc(-c2cnn(C3CCNCC3)c2)cc1-c1oc2ccccc2c1Cl. The Labute approximate surface area is 167 Å². The van der Waals surface area contributed by atoms with E-state index < -0.39 is 0 Å². The van der Waals surface area contributed by atoms with Crippen LogP contribution in [0.5, 0.6) is 0 Å². The number of hydrogen-bond acceptors (Lipinski definition) is 5. The lowest BCUT2D eigenvalue weighted by molar-refractivity contribution is 0.343. The summed E-state index contributed by atoms with van der Waals surface area (Å²) >= 11 is 6.57. The van der Waals surface area contributed by atoms with Gasteiger partial charge in [-0.3, -0.25) is 4.68 Å². The van der Waals surface area contributed by atoms with E-state index in [2.05, 4.69) is 26.3 Å². The second kappa shape index (κ2) is 6.96. The fourth-order valence-electron chi connectivity index (χ4n) is 3.76. The minimum atomic E-state index is 0.385. The summed E-state index contributed by atoms with van der Waals surface area (Å²) in [5, 5.41) is 9.37. The number of furan rings is 1. The van der Waals surface area contributed by atoms with E-state index in [9.17, 15) is 0 Å². The number of nitrogens with one attached hydrogen (secondary N) is 1. The van der Waals surface area contributed by atoms with Crippen LogP contribution in [-0.4, -0.2) is 27.9 Å². The van der Waals surface area contributed by atoms with Crippen LogP contribution in [0.15, 0.2) is 53.3 Å². The molecule has 142 valence electrons. The molecular weight excluding hydrogens is 374 g/mol. The molecule has 0 unspecified atom stereocenters. The van der Waals surface area contributed by atoms with Crippen molar-refractivity contribution in [1.29, 1.82) is 0 Å². The number of piperidine rings is 1. The van der Waals surface area contributed by atoms with Gasteiger partial charge in [-0.1, -0.05) is 23.7 Å². The number of aromatic nitrogens is 3. The molecule has 0 atom stereocenters. The van der Waals surface area contributed by atoms with Gasteiger partial charge in [-0.05, 0) is 44.1 Å². The van der Waals surface area contributed by atoms with Gasteiger partial charge in [0.05, 0.1) is 22.8 Å². The van der Waals surface area contributed by atoms with Crippen LogP contribution in [0.3, 0.4) is 0 Å². The Morgan fingerprint density at radius 1 is 1.14 bits per heavy atom. The van der Waals surface area contributed by atoms with Gasteiger partial charge in [-0.2, -0.15) is 5.10 Å². The number of nitrogens with two attached hydrogens (primary N) is 1. The Kier molecular flexibility index (Phi) is 4.30. The van der Waals surface area contributed by atoms with Crippen molar-refractivity contribution in [1.82, 2.24) is 20.1 Å². The van der Waals surface area contributed by atoms with Crippen LogP contribution in [-0.2, 0) is 0 Å². The van der Waals surface area contributed by atoms with E-state index in [1.807, 2.05) is 36.5 Å². The molecule has 1 aliphatic rings. The van der Waals surface area contributed by atoms with Crippen LogP contribution in [0.1, 0.15) is 18.9 Å². The molecule has 1 aliphatic heterocycles. The zero-order valence-corrected chi connectivity index (χ0v) is 16.0. The highest BCUT2D eigenvalue weighted by atomic mass is 35.5. The third-order valence-corrected chi connectivity index (χ3v) is 5.69. The summed E-state index contributed by atoms with van der Waals surface area (Å²) < 4.78 is 8.03. The number of anilines is 1. The van der Waals surface area contributed by atoms with Crippen molar-refractivity contribution < 1.29 is 4.42 Å². The summed E-state index contributed by atoms with van der Waals surface area (Å²) in [7, 11) is 0. The van der Waals surface area contributed by atoms with Crippen LogP contribution < -0.4 is 11.1 Å². The van der Waals surface area contributed by atoms with Crippen LogP contribution in [0, 0.1) is 0 Å². The van der Waals surface area contributed by atoms with Crippen molar-refractivity contribution in [3.63, 3.8) is 0 Å². The quantitative estimate of drug-likeness (QED) is 0.534. The molecule has 5 rings (SSSR count). The molecule has 0 radical (unpaired) electrons. The van der Waals surface area contributed by atoms with Crippen molar-refractivity contribution in [3.8, 4) is 22.5 Å². The van der Waals surface area contributed by atoms with Gasteiger partial charge in [-0.15, -0.1) is 0 Å². The fraction of sp³-hybridized carbons (Fsp3) is 0.238. The maximum Gasteiger partial charge on any atom is 0.157 e. The topological polar surface area (TPSA) is 81.9 Å². The van der Waals surface area contributed by atoms with Gasteiger partial charge in [0.15, 0.2) is 5.76 Å². The Bertz CT molecular complexity index is 1140. The minimum Gasteiger partial charge on any atom is -0.454 e. The minimum absolute atomic E-state index is 0.385. The standard InChI is InChI=1S/C21H20ClN5O/c22-19-16-3-1-2-4-18(16)28-20(19)17-9-13(10-25-21(17)23)14-11-26-27(12-14)15-5-7-24-8-6-15/h1-4,9-12,15,24H,5-8H2,(H2,23,25). The Hall–Kier alpha value is -2.83. The zero-order chi connectivity index (χ0) is 19.1. The molecule has 0 saturated carbocycles. The molecule has 0 amide bonds. The highest BCUT2D eigenvalue weighted by molar-refractivity contribution is 6.38. The molecular formula is C21H20ClN5O. The molecule has 3 N–H and O–H groups in total. The number of halogens is 1. The van der Waals surface area contributed by atoms with E-state index in [0.717, 1.165) is 48.0 Å². The van der Waals surface area contributed by atoms with Gasteiger partial charge >= 0.3 is 0 Å². The van der Waals surface area contributed by atoms with Gasteiger partial charge in [0.1, 0.15) is 11.4 Å². The van der Waals surface area contributed by atoms with Crippen LogP contribution in [0.4, 0.5) is 5.82 Å². The molecule has 6 nitrogen and oxygen atoms in total. The van der Waals surface area contributed by atoms with Crippen LogP contribution in [0.2, 0.25) is 5.02 Å². The summed E-state index contributed by atoms with van der Waals surface area (Å²) in [6, 6.07) is 10.1. The number of fused-ring (bicyclic) bond motifs is 1. The van der Waals surface area contributed by atoms with E-state index in [4.69, 9.17) is 21.8 Å². The molecule has 0 aliphatic carbocycles. The van der Waals surface area contributed by atoms with E-state index in [0.29, 0.717) is 28.2 Å². The number of hydrogen-bond donors (Lipinski definition) is 2. The molecule has 1 aromatic carbocycles. The van der Waals surface area contributed by atoms with E-state index in [-0.39, 0.29) is 0 Å². The number of nitrogen functional groups attached to an aromatic ring is 1. The summed E-state index contributed by atoms with van der Waals surface area (Å²) in [5.74, 6) is 0.927. The molecule has 0 bridgehead atoms. The van der Waals surface area contributed by atoms with Crippen LogP contribution in [0.25, 0.3) is 33.4 Å². The average Bonchev–Trinajstić information content (AvgIpc) is 3.35.